The number of carbonyl (C=O) groups is 3. The Morgan fingerprint density at radius 3 is 2.33 bits per heavy atom. The van der Waals surface area contributed by atoms with Gasteiger partial charge in [0.05, 0.1) is 45.9 Å². The fourth-order valence-electron chi connectivity index (χ4n) is 2.72. The van der Waals surface area contributed by atoms with E-state index < -0.39 is 36.2 Å². The van der Waals surface area contributed by atoms with Gasteiger partial charge in [-0.05, 0) is 29.8 Å². The molecule has 0 spiro atoms. The third kappa shape index (κ3) is 5.94. The van der Waals surface area contributed by atoms with Crippen molar-refractivity contribution in [2.24, 2.45) is 0 Å². The molecule has 30 heavy (non-hydrogen) atoms. The minimum atomic E-state index is -0.741. The van der Waals surface area contributed by atoms with Gasteiger partial charge in [0, 0.05) is 0 Å². The van der Waals surface area contributed by atoms with Crippen molar-refractivity contribution in [1.29, 1.82) is 0 Å². The van der Waals surface area contributed by atoms with E-state index in [1.165, 1.54) is 39.5 Å². The third-order valence-electron chi connectivity index (χ3n) is 4.27. The van der Waals surface area contributed by atoms with Gasteiger partial charge in [-0.1, -0.05) is 18.2 Å². The summed E-state index contributed by atoms with van der Waals surface area (Å²) in [5.41, 5.74) is 0.406. The Bertz CT molecular complexity index is 918. The second-order valence-electron chi connectivity index (χ2n) is 6.18. The van der Waals surface area contributed by atoms with Crippen LogP contribution in [0.15, 0.2) is 42.5 Å². The van der Waals surface area contributed by atoms with Crippen molar-refractivity contribution in [2.45, 2.75) is 12.5 Å². The number of hydrogen-bond acceptors (Lipinski definition) is 6. The fourth-order valence-corrected chi connectivity index (χ4v) is 2.72. The predicted molar refractivity (Wildman–Crippen MR) is 106 cm³/mol. The molecule has 2 aromatic carbocycles. The SMILES string of the molecule is COC(=O)C[C@H](NC(=O)CNC(=O)c1ccccc1F)c1ccc(OC)c(OC)c1. The molecule has 0 unspecified atom stereocenters. The normalized spacial score (nSPS) is 11.2. The summed E-state index contributed by atoms with van der Waals surface area (Å²) < 4.78 is 28.8. The summed E-state index contributed by atoms with van der Waals surface area (Å²) in [5.74, 6) is -1.61. The van der Waals surface area contributed by atoms with Crippen LogP contribution in [0.1, 0.15) is 28.4 Å². The summed E-state index contributed by atoms with van der Waals surface area (Å²) in [4.78, 5) is 36.2. The number of carbonyl (C=O) groups excluding carboxylic acids is 3. The van der Waals surface area contributed by atoms with Crippen molar-refractivity contribution >= 4 is 17.8 Å². The van der Waals surface area contributed by atoms with Gasteiger partial charge in [-0.3, -0.25) is 14.4 Å². The van der Waals surface area contributed by atoms with Gasteiger partial charge in [0.2, 0.25) is 5.91 Å². The first kappa shape index (κ1) is 22.7. The number of amides is 2. The van der Waals surface area contributed by atoms with E-state index in [9.17, 15) is 18.8 Å². The zero-order valence-corrected chi connectivity index (χ0v) is 16.9. The zero-order chi connectivity index (χ0) is 22.1. The van der Waals surface area contributed by atoms with Crippen molar-refractivity contribution < 1.29 is 33.0 Å². The van der Waals surface area contributed by atoms with Crippen molar-refractivity contribution in [3.05, 3.63) is 59.4 Å². The maximum absolute atomic E-state index is 13.7. The molecule has 2 N–H and O–H groups in total. The van der Waals surface area contributed by atoms with Crippen LogP contribution in [0.3, 0.4) is 0 Å². The number of benzene rings is 2. The molecule has 9 heteroatoms. The minimum Gasteiger partial charge on any atom is -0.493 e. The number of hydrogen-bond donors (Lipinski definition) is 2. The summed E-state index contributed by atoms with van der Waals surface area (Å²) >= 11 is 0. The van der Waals surface area contributed by atoms with Crippen molar-refractivity contribution in [1.82, 2.24) is 10.6 Å². The second-order valence-corrected chi connectivity index (χ2v) is 6.18. The lowest BCUT2D eigenvalue weighted by Crippen LogP contribution is -2.39. The molecule has 0 bridgehead atoms. The van der Waals surface area contributed by atoms with Crippen LogP contribution < -0.4 is 20.1 Å². The van der Waals surface area contributed by atoms with E-state index in [0.717, 1.165) is 6.07 Å². The molecule has 0 fully saturated rings. The van der Waals surface area contributed by atoms with Gasteiger partial charge in [0.25, 0.3) is 5.91 Å². The Balaban J connectivity index is 2.10. The molecule has 0 aromatic heterocycles. The Labute approximate surface area is 173 Å². The van der Waals surface area contributed by atoms with E-state index in [-0.39, 0.29) is 12.0 Å². The largest absolute Gasteiger partial charge is 0.493 e. The topological polar surface area (TPSA) is 103 Å². The average Bonchev–Trinajstić information content (AvgIpc) is 2.76. The summed E-state index contributed by atoms with van der Waals surface area (Å²) in [6.45, 7) is -0.405. The third-order valence-corrected chi connectivity index (χ3v) is 4.27. The van der Waals surface area contributed by atoms with Gasteiger partial charge < -0.3 is 24.8 Å². The smallest absolute Gasteiger partial charge is 0.307 e. The van der Waals surface area contributed by atoms with Crippen LogP contribution in [0, 0.1) is 5.82 Å². The highest BCUT2D eigenvalue weighted by Gasteiger charge is 2.21. The Morgan fingerprint density at radius 2 is 1.70 bits per heavy atom. The van der Waals surface area contributed by atoms with Gasteiger partial charge in [-0.2, -0.15) is 0 Å². The Hall–Kier alpha value is -3.62. The lowest BCUT2D eigenvalue weighted by Gasteiger charge is -2.20. The molecule has 0 saturated carbocycles. The van der Waals surface area contributed by atoms with E-state index in [4.69, 9.17) is 14.2 Å². The standard InChI is InChI=1S/C21H23FN2O6/c1-28-17-9-8-13(10-18(17)29-2)16(11-20(26)30-3)24-19(25)12-23-21(27)14-6-4-5-7-15(14)22/h4-10,16H,11-12H2,1-3H3,(H,23,27)(H,24,25)/t16-/m0/s1. The van der Waals surface area contributed by atoms with Crippen molar-refractivity contribution in [2.75, 3.05) is 27.9 Å². The summed E-state index contributed by atoms with van der Waals surface area (Å²) in [6.07, 6.45) is -0.140. The first-order valence-corrected chi connectivity index (χ1v) is 9.00. The van der Waals surface area contributed by atoms with Crippen LogP contribution in [0.4, 0.5) is 4.39 Å². The highest BCUT2D eigenvalue weighted by molar-refractivity contribution is 5.96. The van der Waals surface area contributed by atoms with Crippen molar-refractivity contribution in [3.63, 3.8) is 0 Å². The first-order chi connectivity index (χ1) is 14.4. The maximum Gasteiger partial charge on any atom is 0.307 e. The summed E-state index contributed by atoms with van der Waals surface area (Å²) in [6, 6.07) is 9.64. The van der Waals surface area contributed by atoms with Crippen LogP contribution in [0.2, 0.25) is 0 Å². The first-order valence-electron chi connectivity index (χ1n) is 9.00. The molecule has 0 aliphatic heterocycles. The molecule has 2 aromatic rings. The van der Waals surface area contributed by atoms with E-state index in [0.29, 0.717) is 17.1 Å². The van der Waals surface area contributed by atoms with Gasteiger partial charge in [0.15, 0.2) is 11.5 Å². The van der Waals surface area contributed by atoms with Crippen LogP contribution in [-0.2, 0) is 14.3 Å². The number of ether oxygens (including phenoxy) is 3. The molecule has 2 rings (SSSR count). The molecular weight excluding hydrogens is 395 g/mol. The van der Waals surface area contributed by atoms with Gasteiger partial charge in [-0.25, -0.2) is 4.39 Å². The Kier molecular flexibility index (Phi) is 8.16. The second kappa shape index (κ2) is 10.8. The van der Waals surface area contributed by atoms with E-state index in [1.54, 1.807) is 18.2 Å². The molecule has 0 heterocycles. The lowest BCUT2D eigenvalue weighted by atomic mass is 10.0. The number of esters is 1. The van der Waals surface area contributed by atoms with Crippen molar-refractivity contribution in [3.8, 4) is 11.5 Å². The molecule has 2 amide bonds. The van der Waals surface area contributed by atoms with E-state index in [1.807, 2.05) is 0 Å². The fraction of sp³-hybridized carbons (Fsp3) is 0.286. The predicted octanol–water partition coefficient (Wildman–Crippen LogP) is 1.99. The molecule has 160 valence electrons. The van der Waals surface area contributed by atoms with Gasteiger partial charge in [0.1, 0.15) is 5.82 Å². The summed E-state index contributed by atoms with van der Waals surface area (Å²) in [5, 5.41) is 5.02. The Morgan fingerprint density at radius 1 is 1.00 bits per heavy atom. The van der Waals surface area contributed by atoms with Crippen LogP contribution in [0.5, 0.6) is 11.5 Å². The van der Waals surface area contributed by atoms with Crippen LogP contribution in [0.25, 0.3) is 0 Å². The zero-order valence-electron chi connectivity index (χ0n) is 16.9. The molecule has 1 atom stereocenters. The molecule has 0 saturated heterocycles. The van der Waals surface area contributed by atoms with Gasteiger partial charge >= 0.3 is 5.97 Å². The highest BCUT2D eigenvalue weighted by Crippen LogP contribution is 2.31. The molecule has 8 nitrogen and oxygen atoms in total. The number of methoxy groups -OCH3 is 3. The average molecular weight is 418 g/mol. The summed E-state index contributed by atoms with van der Waals surface area (Å²) in [7, 11) is 4.20. The number of rotatable bonds is 9. The molecule has 0 radical (unpaired) electrons. The van der Waals surface area contributed by atoms with Crippen LogP contribution >= 0.6 is 0 Å². The van der Waals surface area contributed by atoms with E-state index in [2.05, 4.69) is 10.6 Å². The molecule has 0 aliphatic carbocycles. The monoisotopic (exact) mass is 418 g/mol. The van der Waals surface area contributed by atoms with Crippen LogP contribution in [-0.4, -0.2) is 45.7 Å². The highest BCUT2D eigenvalue weighted by atomic mass is 19.1. The lowest BCUT2D eigenvalue weighted by molar-refractivity contribution is -0.141. The minimum absolute atomic E-state index is 0.140. The maximum atomic E-state index is 13.7. The molecule has 0 aliphatic rings. The quantitative estimate of drug-likeness (QED) is 0.604. The van der Waals surface area contributed by atoms with E-state index >= 15 is 0 Å². The number of halogens is 1. The molecular formula is C21H23FN2O6. The number of nitrogens with one attached hydrogen (secondary N) is 2. The van der Waals surface area contributed by atoms with Gasteiger partial charge in [-0.15, -0.1) is 0 Å².